The Labute approximate surface area is 270 Å². The lowest BCUT2D eigenvalue weighted by Gasteiger charge is -2.52. The number of nitrogens with zero attached hydrogens (tertiary/aromatic N) is 1. The van der Waals surface area contributed by atoms with Gasteiger partial charge in [-0.1, -0.05) is 18.2 Å². The second kappa shape index (κ2) is 11.8. The van der Waals surface area contributed by atoms with Crippen molar-refractivity contribution in [2.75, 3.05) is 14.1 Å². The second-order valence-electron chi connectivity index (χ2n) is 11.0. The number of phenols is 2. The smallest absolute Gasteiger partial charge is 0.339 e. The first-order valence-electron chi connectivity index (χ1n) is 13.2. The first-order chi connectivity index (χ1) is 21.6. The van der Waals surface area contributed by atoms with E-state index in [0.29, 0.717) is 6.07 Å². The number of fused-ring (bicyclic) bond motifs is 3. The van der Waals surface area contributed by atoms with Crippen molar-refractivity contribution < 1.29 is 67.9 Å². The Morgan fingerprint density at radius 1 is 1.02 bits per heavy atom. The van der Waals surface area contributed by atoms with E-state index in [0.717, 1.165) is 12.1 Å². The molecule has 5 rings (SSSR count). The van der Waals surface area contributed by atoms with E-state index in [9.17, 15) is 53.1 Å². The van der Waals surface area contributed by atoms with Gasteiger partial charge in [0, 0.05) is 16.5 Å². The minimum Gasteiger partial charge on any atom is -0.508 e. The highest BCUT2D eigenvalue weighted by molar-refractivity contribution is 7.85. The van der Waals surface area contributed by atoms with Crippen LogP contribution in [0.15, 0.2) is 58.7 Å². The van der Waals surface area contributed by atoms with Crippen LogP contribution in [0.1, 0.15) is 21.5 Å². The Bertz CT molecular complexity index is 1970. The Morgan fingerprint density at radius 3 is 2.11 bits per heavy atom. The number of aromatic carboxylic acids is 1. The average molecular weight is 695 g/mol. The number of amides is 1. The molecule has 16 nitrogen and oxygen atoms in total. The number of carbonyl (C=O) groups excluding carboxylic acids is 3. The zero-order valence-electron chi connectivity index (χ0n) is 24.2. The third kappa shape index (κ3) is 5.32. The van der Waals surface area contributed by atoms with Crippen molar-refractivity contribution in [2.24, 2.45) is 17.6 Å². The number of carboxylic acid groups (broad SMARTS) is 1. The molecule has 2 aromatic rings. The van der Waals surface area contributed by atoms with Gasteiger partial charge in [0.2, 0.25) is 5.78 Å². The summed E-state index contributed by atoms with van der Waals surface area (Å²) in [6.07, 6.45) is -1.75. The topological polar surface area (TPSA) is 294 Å². The van der Waals surface area contributed by atoms with Gasteiger partial charge in [-0.25, -0.2) is 4.79 Å². The molecule has 5 atom stereocenters. The first-order valence-corrected chi connectivity index (χ1v) is 15.0. The van der Waals surface area contributed by atoms with E-state index in [1.165, 1.54) is 31.1 Å². The van der Waals surface area contributed by atoms with Crippen LogP contribution >= 0.6 is 11.6 Å². The molecule has 10 N–H and O–H groups in total. The monoisotopic (exact) mass is 694 g/mol. The summed E-state index contributed by atoms with van der Waals surface area (Å²) in [7, 11) is -1.61. The molecule has 1 saturated carbocycles. The molecule has 0 heterocycles. The Kier molecular flexibility index (Phi) is 8.80. The fourth-order valence-electron chi connectivity index (χ4n) is 6.11. The van der Waals surface area contributed by atoms with E-state index in [-0.39, 0.29) is 21.7 Å². The molecule has 47 heavy (non-hydrogen) atoms. The van der Waals surface area contributed by atoms with Crippen LogP contribution in [-0.2, 0) is 24.5 Å². The highest BCUT2D eigenvalue weighted by Gasteiger charge is 2.68. The van der Waals surface area contributed by atoms with Crippen LogP contribution < -0.4 is 5.73 Å². The summed E-state index contributed by atoms with van der Waals surface area (Å²) in [4.78, 5) is 49.8. The predicted octanol–water partition coefficient (Wildman–Crippen LogP) is 0.396. The number of hydrogen-bond donors (Lipinski definition) is 9. The van der Waals surface area contributed by atoms with E-state index in [1.807, 2.05) is 0 Å². The number of Topliss-reactive ketones (excluding diaryl/α,β-unsaturated/α-hetero) is 2. The fraction of sp³-hybridized carbons (Fsp3) is 0.241. The van der Waals surface area contributed by atoms with Crippen molar-refractivity contribution in [3.8, 4) is 11.5 Å². The van der Waals surface area contributed by atoms with Gasteiger partial charge < -0.3 is 41.5 Å². The maximum absolute atomic E-state index is 13.7. The van der Waals surface area contributed by atoms with Crippen molar-refractivity contribution in [2.45, 2.75) is 22.6 Å². The predicted molar refractivity (Wildman–Crippen MR) is 161 cm³/mol. The summed E-state index contributed by atoms with van der Waals surface area (Å²) in [6.45, 7) is 3.89. The number of phenolic OH excluding ortho intramolecular Hbond substituents is 1. The van der Waals surface area contributed by atoms with Gasteiger partial charge >= 0.3 is 5.97 Å². The SMILES string of the molecule is C=C1c2c(Cl)ccc(O)c2C(O)=C2C(=O)C3(O)C(O)=C(C(N)=O)C(=O)[C@@H](N(C)C)[C@@H]3[C@@H](O)C12.O=C(O)c1cc(S(=O)(=O)O)ccc1O. The molecule has 1 amide bonds. The quantitative estimate of drug-likeness (QED) is 0.155. The molecule has 2 unspecified atom stereocenters. The van der Waals surface area contributed by atoms with Crippen molar-refractivity contribution in [3.05, 3.63) is 75.5 Å². The summed E-state index contributed by atoms with van der Waals surface area (Å²) < 4.78 is 29.8. The summed E-state index contributed by atoms with van der Waals surface area (Å²) in [5, 5.41) is 72.5. The molecule has 0 aromatic heterocycles. The minimum absolute atomic E-state index is 0.0516. The molecule has 3 aliphatic rings. The number of halogens is 1. The van der Waals surface area contributed by atoms with Crippen LogP contribution in [0.3, 0.4) is 0 Å². The zero-order chi connectivity index (χ0) is 35.7. The lowest BCUT2D eigenvalue weighted by atomic mass is 9.55. The molecular weight excluding hydrogens is 668 g/mol. The van der Waals surface area contributed by atoms with E-state index < -0.39 is 108 Å². The van der Waals surface area contributed by atoms with Gasteiger partial charge in [-0.2, -0.15) is 8.42 Å². The molecular formula is C29H27ClN2O14S. The number of ketones is 2. The van der Waals surface area contributed by atoms with Crippen LogP contribution in [0, 0.1) is 11.8 Å². The molecule has 0 aliphatic heterocycles. The van der Waals surface area contributed by atoms with E-state index >= 15 is 0 Å². The maximum atomic E-state index is 13.7. The Balaban J connectivity index is 0.000000300. The number of hydrogen-bond acceptors (Lipinski definition) is 13. The lowest BCUT2D eigenvalue weighted by Crippen LogP contribution is -2.70. The van der Waals surface area contributed by atoms with E-state index in [4.69, 9.17) is 32.1 Å². The minimum atomic E-state index is -4.45. The number of benzene rings is 2. The molecule has 3 aliphatic carbocycles. The normalized spacial score (nSPS) is 25.5. The second-order valence-corrected chi connectivity index (χ2v) is 12.8. The summed E-state index contributed by atoms with van der Waals surface area (Å²) in [5.74, 6) is -11.2. The molecule has 1 fully saturated rings. The highest BCUT2D eigenvalue weighted by atomic mass is 35.5. The van der Waals surface area contributed by atoms with Gasteiger partial charge in [-0.3, -0.25) is 23.8 Å². The number of likely N-dealkylation sites (N-methyl/N-ethyl adjacent to an activating group) is 1. The largest absolute Gasteiger partial charge is 0.508 e. The van der Waals surface area contributed by atoms with E-state index in [1.54, 1.807) is 0 Å². The Morgan fingerprint density at radius 2 is 1.60 bits per heavy atom. The van der Waals surface area contributed by atoms with Crippen LogP contribution in [0.4, 0.5) is 0 Å². The molecule has 0 bridgehead atoms. The average Bonchev–Trinajstić information content (AvgIpc) is 2.95. The van der Waals surface area contributed by atoms with Crippen LogP contribution in [0.2, 0.25) is 5.02 Å². The van der Waals surface area contributed by atoms with E-state index in [2.05, 4.69) is 6.58 Å². The summed E-state index contributed by atoms with van der Waals surface area (Å²) >= 11 is 6.25. The Hall–Kier alpha value is -4.78. The number of aliphatic hydroxyl groups is 4. The molecule has 2 aromatic carbocycles. The van der Waals surface area contributed by atoms with Crippen molar-refractivity contribution in [1.29, 1.82) is 0 Å². The van der Waals surface area contributed by atoms with Crippen molar-refractivity contribution in [1.82, 2.24) is 4.90 Å². The molecule has 250 valence electrons. The number of carbonyl (C=O) groups is 4. The standard InChI is InChI=1S/C22H21ClN2O8.C7H6O6S/c1-6-9-7(23)4-5-8(26)11(9)16(27)12-10(6)17(28)14-15(25(2)3)18(29)13(21(24)32)20(31)22(14,33)19(12)30;8-6-2-1-4(14(11,12)13)3-5(6)7(9)10/h4-5,10,14-15,17,26-28,31,33H,1H2,2-3H3,(H2,24,32);1-3,8H,(H,9,10)(H,11,12,13)/t10?,14-,15+,17+,22?;/m1./s1. The van der Waals surface area contributed by atoms with Crippen LogP contribution in [-0.4, -0.2) is 109 Å². The number of aromatic hydroxyl groups is 2. The summed E-state index contributed by atoms with van der Waals surface area (Å²) in [5.41, 5.74) is 0.0510. The molecule has 0 saturated heterocycles. The number of rotatable bonds is 4. The fourth-order valence-corrected chi connectivity index (χ4v) is 6.89. The van der Waals surface area contributed by atoms with Crippen LogP contribution in [0.5, 0.6) is 11.5 Å². The summed E-state index contributed by atoms with van der Waals surface area (Å²) in [6, 6.07) is 3.53. The van der Waals surface area contributed by atoms with Gasteiger partial charge in [-0.05, 0) is 50.0 Å². The third-order valence-corrected chi connectivity index (χ3v) is 9.33. The maximum Gasteiger partial charge on any atom is 0.339 e. The van der Waals surface area contributed by atoms with Gasteiger partial charge in [0.05, 0.1) is 34.1 Å². The third-order valence-electron chi connectivity index (χ3n) is 8.17. The number of carboxylic acids is 1. The molecule has 18 heteroatoms. The number of nitrogens with two attached hydrogens (primary N) is 1. The van der Waals surface area contributed by atoms with Gasteiger partial charge in [0.15, 0.2) is 11.4 Å². The van der Waals surface area contributed by atoms with Gasteiger partial charge in [-0.15, -0.1) is 0 Å². The van der Waals surface area contributed by atoms with Gasteiger partial charge in [0.1, 0.15) is 34.2 Å². The van der Waals surface area contributed by atoms with Crippen molar-refractivity contribution in [3.63, 3.8) is 0 Å². The first kappa shape index (κ1) is 35.1. The highest BCUT2D eigenvalue weighted by Crippen LogP contribution is 2.56. The zero-order valence-corrected chi connectivity index (χ0v) is 25.8. The number of primary amides is 1. The molecule has 0 spiro atoms. The van der Waals surface area contributed by atoms with Gasteiger partial charge in [0.25, 0.3) is 16.0 Å². The number of aliphatic hydroxyl groups excluding tert-OH is 3. The van der Waals surface area contributed by atoms with Crippen molar-refractivity contribution >= 4 is 56.5 Å². The van der Waals surface area contributed by atoms with Crippen LogP contribution in [0.25, 0.3) is 11.3 Å². The molecule has 0 radical (unpaired) electrons. The lowest BCUT2D eigenvalue weighted by molar-refractivity contribution is -0.166.